The first-order valence-electron chi connectivity index (χ1n) is 5.22. The van der Waals surface area contributed by atoms with Crippen LogP contribution in [-0.2, 0) is 6.42 Å². The molecule has 90 valence electrons. The van der Waals surface area contributed by atoms with Crippen LogP contribution in [0.1, 0.15) is 23.0 Å². The minimum Gasteiger partial charge on any atom is -0.469 e. The van der Waals surface area contributed by atoms with E-state index in [4.69, 9.17) is 4.42 Å². The highest BCUT2D eigenvalue weighted by molar-refractivity contribution is 9.11. The van der Waals surface area contributed by atoms with Crippen molar-refractivity contribution in [1.82, 2.24) is 5.32 Å². The largest absolute Gasteiger partial charge is 0.469 e. The summed E-state index contributed by atoms with van der Waals surface area (Å²) in [5.41, 5.74) is 0.688. The molecule has 1 amide bonds. The monoisotopic (exact) mass is 313 g/mol. The predicted octanol–water partition coefficient (Wildman–Crippen LogP) is 3.46. The van der Waals surface area contributed by atoms with E-state index in [0.29, 0.717) is 12.0 Å². The fourth-order valence-corrected chi connectivity index (χ4v) is 2.65. The van der Waals surface area contributed by atoms with Crippen molar-refractivity contribution in [3.05, 3.63) is 45.0 Å². The summed E-state index contributed by atoms with van der Waals surface area (Å²) in [6.07, 6.45) is 2.34. The van der Waals surface area contributed by atoms with Crippen molar-refractivity contribution in [3.63, 3.8) is 0 Å². The Balaban J connectivity index is 1.90. The average molecular weight is 314 g/mol. The number of furan rings is 1. The molecule has 3 nitrogen and oxygen atoms in total. The van der Waals surface area contributed by atoms with Crippen LogP contribution in [0.4, 0.5) is 0 Å². The zero-order valence-electron chi connectivity index (χ0n) is 9.27. The molecule has 5 heteroatoms. The third kappa shape index (κ3) is 3.44. The molecule has 2 heterocycles. The van der Waals surface area contributed by atoms with Crippen LogP contribution in [0.5, 0.6) is 0 Å². The van der Waals surface area contributed by atoms with Gasteiger partial charge in [-0.1, -0.05) is 0 Å². The highest BCUT2D eigenvalue weighted by Crippen LogP contribution is 2.20. The first kappa shape index (κ1) is 12.4. The van der Waals surface area contributed by atoms with Gasteiger partial charge in [-0.05, 0) is 41.1 Å². The molecule has 0 spiro atoms. The highest BCUT2D eigenvalue weighted by Gasteiger charge is 2.12. The molecule has 2 rings (SSSR count). The van der Waals surface area contributed by atoms with Gasteiger partial charge in [0.25, 0.3) is 5.91 Å². The Morgan fingerprint density at radius 1 is 1.65 bits per heavy atom. The second-order valence-corrected chi connectivity index (χ2v) is 6.09. The van der Waals surface area contributed by atoms with Crippen molar-refractivity contribution in [2.45, 2.75) is 19.4 Å². The van der Waals surface area contributed by atoms with Crippen molar-refractivity contribution in [1.29, 1.82) is 0 Å². The zero-order valence-corrected chi connectivity index (χ0v) is 11.7. The van der Waals surface area contributed by atoms with Gasteiger partial charge in [-0.2, -0.15) is 0 Å². The second kappa shape index (κ2) is 5.51. The molecule has 2 aromatic heterocycles. The lowest BCUT2D eigenvalue weighted by Crippen LogP contribution is -2.33. The van der Waals surface area contributed by atoms with Gasteiger partial charge < -0.3 is 9.73 Å². The molecular formula is C12H12BrNO2S. The Morgan fingerprint density at radius 2 is 2.47 bits per heavy atom. The standard InChI is InChI=1S/C12H12BrNO2S/c1-8(5-10-3-2-4-16-10)14-12(15)9-6-11(13)17-7-9/h2-4,6-8H,5H2,1H3,(H,14,15). The molecule has 1 N–H and O–H groups in total. The van der Waals surface area contributed by atoms with Crippen molar-refractivity contribution >= 4 is 33.2 Å². The quantitative estimate of drug-likeness (QED) is 0.939. The Kier molecular flexibility index (Phi) is 4.02. The lowest BCUT2D eigenvalue weighted by atomic mass is 10.2. The summed E-state index contributed by atoms with van der Waals surface area (Å²) >= 11 is 4.84. The minimum atomic E-state index is -0.0500. The van der Waals surface area contributed by atoms with Gasteiger partial charge in [0.05, 0.1) is 15.6 Å². The molecule has 0 aliphatic heterocycles. The van der Waals surface area contributed by atoms with E-state index < -0.39 is 0 Å². The highest BCUT2D eigenvalue weighted by atomic mass is 79.9. The van der Waals surface area contributed by atoms with E-state index in [-0.39, 0.29) is 11.9 Å². The van der Waals surface area contributed by atoms with Gasteiger partial charge in [0, 0.05) is 17.8 Å². The van der Waals surface area contributed by atoms with Crippen LogP contribution in [0.2, 0.25) is 0 Å². The molecule has 0 aliphatic rings. The van der Waals surface area contributed by atoms with Gasteiger partial charge >= 0.3 is 0 Å². The number of carbonyl (C=O) groups excluding carboxylic acids is 1. The molecule has 0 aliphatic carbocycles. The predicted molar refractivity (Wildman–Crippen MR) is 71.4 cm³/mol. The third-order valence-corrected chi connectivity index (χ3v) is 3.80. The van der Waals surface area contributed by atoms with Gasteiger partial charge in [-0.3, -0.25) is 4.79 Å². The third-order valence-electron chi connectivity index (χ3n) is 2.29. The summed E-state index contributed by atoms with van der Waals surface area (Å²) in [5, 5.41) is 4.77. The van der Waals surface area contributed by atoms with Gasteiger partial charge in [-0.15, -0.1) is 11.3 Å². The van der Waals surface area contributed by atoms with Crippen LogP contribution >= 0.6 is 27.3 Å². The van der Waals surface area contributed by atoms with Gasteiger partial charge in [0.15, 0.2) is 0 Å². The van der Waals surface area contributed by atoms with E-state index in [1.165, 1.54) is 11.3 Å². The summed E-state index contributed by atoms with van der Waals surface area (Å²) in [6.45, 7) is 1.96. The smallest absolute Gasteiger partial charge is 0.252 e. The average Bonchev–Trinajstić information content (AvgIpc) is 2.89. The molecule has 0 saturated carbocycles. The van der Waals surface area contributed by atoms with Gasteiger partial charge in [0.1, 0.15) is 5.76 Å². The van der Waals surface area contributed by atoms with Crippen molar-refractivity contribution in [2.75, 3.05) is 0 Å². The molecule has 0 saturated heterocycles. The van der Waals surface area contributed by atoms with E-state index in [0.717, 1.165) is 9.55 Å². The Bertz CT molecular complexity index is 492. The number of rotatable bonds is 4. The first-order chi connectivity index (χ1) is 8.15. The Morgan fingerprint density at radius 3 is 3.06 bits per heavy atom. The number of thiophene rings is 1. The molecule has 0 radical (unpaired) electrons. The van der Waals surface area contributed by atoms with E-state index in [1.54, 1.807) is 6.26 Å². The normalized spacial score (nSPS) is 12.4. The topological polar surface area (TPSA) is 42.2 Å². The maximum Gasteiger partial charge on any atom is 0.252 e. The molecule has 2 aromatic rings. The van der Waals surface area contributed by atoms with E-state index in [9.17, 15) is 4.79 Å². The fraction of sp³-hybridized carbons (Fsp3) is 0.250. The number of nitrogens with one attached hydrogen (secondary N) is 1. The molecule has 1 atom stereocenters. The Labute approximate surface area is 112 Å². The van der Waals surface area contributed by atoms with Crippen LogP contribution in [0.15, 0.2) is 38.0 Å². The molecule has 17 heavy (non-hydrogen) atoms. The summed E-state index contributed by atoms with van der Waals surface area (Å²) in [7, 11) is 0. The van der Waals surface area contributed by atoms with Crippen LogP contribution in [-0.4, -0.2) is 11.9 Å². The summed E-state index contributed by atoms with van der Waals surface area (Å²) in [4.78, 5) is 11.8. The number of hydrogen-bond acceptors (Lipinski definition) is 3. The summed E-state index contributed by atoms with van der Waals surface area (Å²) in [6, 6.07) is 5.62. The number of amides is 1. The number of halogens is 1. The van der Waals surface area contributed by atoms with E-state index in [2.05, 4.69) is 21.2 Å². The van der Waals surface area contributed by atoms with Crippen LogP contribution in [0, 0.1) is 0 Å². The maximum absolute atomic E-state index is 11.8. The molecule has 0 bridgehead atoms. The summed E-state index contributed by atoms with van der Waals surface area (Å²) in [5.74, 6) is 0.829. The number of hydrogen-bond donors (Lipinski definition) is 1. The van der Waals surface area contributed by atoms with E-state index >= 15 is 0 Å². The van der Waals surface area contributed by atoms with Gasteiger partial charge in [0.2, 0.25) is 0 Å². The fourth-order valence-electron chi connectivity index (χ4n) is 1.52. The zero-order chi connectivity index (χ0) is 12.3. The maximum atomic E-state index is 11.8. The van der Waals surface area contributed by atoms with Crippen molar-refractivity contribution in [3.8, 4) is 0 Å². The summed E-state index contributed by atoms with van der Waals surface area (Å²) < 4.78 is 6.20. The first-order valence-corrected chi connectivity index (χ1v) is 6.89. The molecule has 1 unspecified atom stereocenters. The van der Waals surface area contributed by atoms with Crippen LogP contribution in [0.25, 0.3) is 0 Å². The number of carbonyl (C=O) groups is 1. The lowest BCUT2D eigenvalue weighted by molar-refractivity contribution is 0.0939. The SMILES string of the molecule is CC(Cc1ccco1)NC(=O)c1csc(Br)c1. The molecular weight excluding hydrogens is 302 g/mol. The van der Waals surface area contributed by atoms with E-state index in [1.807, 2.05) is 30.5 Å². The van der Waals surface area contributed by atoms with Crippen molar-refractivity contribution < 1.29 is 9.21 Å². The van der Waals surface area contributed by atoms with Crippen molar-refractivity contribution in [2.24, 2.45) is 0 Å². The molecule has 0 aromatic carbocycles. The van der Waals surface area contributed by atoms with Crippen LogP contribution < -0.4 is 5.32 Å². The molecule has 0 fully saturated rings. The van der Waals surface area contributed by atoms with Crippen LogP contribution in [0.3, 0.4) is 0 Å². The minimum absolute atomic E-state index is 0.0484. The lowest BCUT2D eigenvalue weighted by Gasteiger charge is -2.11. The van der Waals surface area contributed by atoms with Gasteiger partial charge in [-0.25, -0.2) is 0 Å². The Hall–Kier alpha value is -1.07. The second-order valence-electron chi connectivity index (χ2n) is 3.80.